The molecule has 0 saturated carbocycles. The third kappa shape index (κ3) is 3.63. The van der Waals surface area contributed by atoms with Crippen molar-refractivity contribution in [1.29, 1.82) is 0 Å². The van der Waals surface area contributed by atoms with Crippen LogP contribution in [0.2, 0.25) is 0 Å². The predicted molar refractivity (Wildman–Crippen MR) is 70.4 cm³/mol. The molecule has 0 radical (unpaired) electrons. The Hall–Kier alpha value is -1.75. The van der Waals surface area contributed by atoms with Crippen molar-refractivity contribution in [2.75, 3.05) is 25.4 Å². The summed E-state index contributed by atoms with van der Waals surface area (Å²) in [6.45, 7) is 2.86. The van der Waals surface area contributed by atoms with Crippen LogP contribution in [0.5, 0.6) is 5.75 Å². The van der Waals surface area contributed by atoms with Gasteiger partial charge >= 0.3 is 0 Å². The minimum absolute atomic E-state index is 0.0730. The van der Waals surface area contributed by atoms with Crippen LogP contribution in [-0.4, -0.2) is 40.7 Å². The molecule has 0 spiro atoms. The lowest BCUT2D eigenvalue weighted by Gasteiger charge is -2.21. The molecule has 1 rings (SSSR count). The quantitative estimate of drug-likeness (QED) is 0.524. The van der Waals surface area contributed by atoms with Gasteiger partial charge < -0.3 is 20.8 Å². The number of carbonyl (C=O) groups excluding carboxylic acids is 1. The maximum atomic E-state index is 12.2. The number of aromatic hydroxyl groups is 1. The zero-order valence-corrected chi connectivity index (χ0v) is 10.6. The number of hydrogen-bond donors (Lipinski definition) is 3. The third-order valence-electron chi connectivity index (χ3n) is 2.72. The fourth-order valence-corrected chi connectivity index (χ4v) is 1.64. The average molecular weight is 252 g/mol. The number of amides is 1. The maximum Gasteiger partial charge on any atom is 0.254 e. The number of rotatable bonds is 6. The van der Waals surface area contributed by atoms with Crippen LogP contribution in [0, 0.1) is 0 Å². The van der Waals surface area contributed by atoms with Crippen molar-refractivity contribution in [1.82, 2.24) is 4.90 Å². The third-order valence-corrected chi connectivity index (χ3v) is 2.72. The van der Waals surface area contributed by atoms with Crippen molar-refractivity contribution >= 4 is 11.6 Å². The van der Waals surface area contributed by atoms with Crippen molar-refractivity contribution in [2.24, 2.45) is 0 Å². The molecule has 1 amide bonds. The largest absolute Gasteiger partial charge is 0.506 e. The summed E-state index contributed by atoms with van der Waals surface area (Å²) in [5.41, 5.74) is 6.11. The van der Waals surface area contributed by atoms with E-state index in [1.54, 1.807) is 11.0 Å². The Kier molecular flexibility index (Phi) is 5.45. The fourth-order valence-electron chi connectivity index (χ4n) is 1.64. The number of aliphatic hydroxyl groups is 1. The van der Waals surface area contributed by atoms with Crippen LogP contribution in [0.4, 0.5) is 5.69 Å². The van der Waals surface area contributed by atoms with E-state index in [1.165, 1.54) is 12.1 Å². The molecular weight excluding hydrogens is 232 g/mol. The van der Waals surface area contributed by atoms with E-state index in [2.05, 4.69) is 0 Å². The first kappa shape index (κ1) is 14.3. The van der Waals surface area contributed by atoms with Crippen LogP contribution in [0.15, 0.2) is 18.2 Å². The molecule has 0 aromatic heterocycles. The van der Waals surface area contributed by atoms with E-state index in [-0.39, 0.29) is 24.0 Å². The highest BCUT2D eigenvalue weighted by atomic mass is 16.3. The molecule has 0 aliphatic heterocycles. The fraction of sp³-hybridized carbons (Fsp3) is 0.462. The number of unbranched alkanes of at least 4 members (excludes halogenated alkanes) is 1. The monoisotopic (exact) mass is 252 g/mol. The second-order valence-corrected chi connectivity index (χ2v) is 4.14. The van der Waals surface area contributed by atoms with Crippen LogP contribution in [0.3, 0.4) is 0 Å². The van der Waals surface area contributed by atoms with Crippen molar-refractivity contribution in [3.8, 4) is 5.75 Å². The molecule has 5 nitrogen and oxygen atoms in total. The summed E-state index contributed by atoms with van der Waals surface area (Å²) in [5, 5.41) is 18.5. The van der Waals surface area contributed by atoms with Gasteiger partial charge in [0.05, 0.1) is 12.3 Å². The van der Waals surface area contributed by atoms with E-state index in [9.17, 15) is 9.90 Å². The summed E-state index contributed by atoms with van der Waals surface area (Å²) < 4.78 is 0. The standard InChI is InChI=1S/C13H20N2O3/c1-2-3-6-15(7-8-16)13(18)10-4-5-11(14)12(17)9-10/h4-5,9,16-17H,2-3,6-8,14H2,1H3. The summed E-state index contributed by atoms with van der Waals surface area (Å²) >= 11 is 0. The number of nitrogens with zero attached hydrogens (tertiary/aromatic N) is 1. The Morgan fingerprint density at radius 3 is 2.67 bits per heavy atom. The molecule has 1 aromatic carbocycles. The molecule has 100 valence electrons. The van der Waals surface area contributed by atoms with Gasteiger partial charge in [-0.25, -0.2) is 0 Å². The highest BCUT2D eigenvalue weighted by molar-refractivity contribution is 5.95. The van der Waals surface area contributed by atoms with E-state index >= 15 is 0 Å². The van der Waals surface area contributed by atoms with E-state index in [4.69, 9.17) is 10.8 Å². The van der Waals surface area contributed by atoms with Crippen molar-refractivity contribution in [3.05, 3.63) is 23.8 Å². The molecule has 0 atom stereocenters. The highest BCUT2D eigenvalue weighted by Crippen LogP contribution is 2.21. The molecule has 0 unspecified atom stereocenters. The van der Waals surface area contributed by atoms with Gasteiger partial charge in [-0.15, -0.1) is 0 Å². The van der Waals surface area contributed by atoms with Gasteiger partial charge in [0.1, 0.15) is 5.75 Å². The Labute approximate surface area is 107 Å². The molecule has 0 heterocycles. The van der Waals surface area contributed by atoms with Crippen LogP contribution in [-0.2, 0) is 0 Å². The number of nitrogens with two attached hydrogens (primary N) is 1. The lowest BCUT2D eigenvalue weighted by molar-refractivity contribution is 0.0719. The van der Waals surface area contributed by atoms with Crippen molar-refractivity contribution in [3.63, 3.8) is 0 Å². The SMILES string of the molecule is CCCCN(CCO)C(=O)c1ccc(N)c(O)c1. The number of nitrogen functional groups attached to an aromatic ring is 1. The minimum atomic E-state index is -0.201. The van der Waals surface area contributed by atoms with E-state index in [1.807, 2.05) is 6.92 Å². The van der Waals surface area contributed by atoms with E-state index in [0.29, 0.717) is 18.7 Å². The summed E-state index contributed by atoms with van der Waals surface area (Å²) in [6.07, 6.45) is 1.86. The lowest BCUT2D eigenvalue weighted by atomic mass is 10.1. The highest BCUT2D eigenvalue weighted by Gasteiger charge is 2.15. The molecule has 18 heavy (non-hydrogen) atoms. The first-order valence-corrected chi connectivity index (χ1v) is 6.08. The molecule has 0 bridgehead atoms. The number of carbonyl (C=O) groups is 1. The van der Waals surface area contributed by atoms with Crippen LogP contribution in [0.25, 0.3) is 0 Å². The second kappa shape index (κ2) is 6.86. The number of aliphatic hydroxyl groups excluding tert-OH is 1. The van der Waals surface area contributed by atoms with Gasteiger partial charge in [0, 0.05) is 18.7 Å². The number of phenols is 1. The van der Waals surface area contributed by atoms with Gasteiger partial charge in [-0.1, -0.05) is 13.3 Å². The lowest BCUT2D eigenvalue weighted by Crippen LogP contribution is -2.34. The Bertz CT molecular complexity index is 407. The first-order chi connectivity index (χ1) is 8.60. The summed E-state index contributed by atoms with van der Waals surface area (Å²) in [5.74, 6) is -0.298. The van der Waals surface area contributed by atoms with Gasteiger partial charge in [-0.3, -0.25) is 4.79 Å². The van der Waals surface area contributed by atoms with Crippen molar-refractivity contribution in [2.45, 2.75) is 19.8 Å². The molecule has 0 aliphatic rings. The Morgan fingerprint density at radius 2 is 2.11 bits per heavy atom. The summed E-state index contributed by atoms with van der Waals surface area (Å²) in [6, 6.07) is 4.43. The van der Waals surface area contributed by atoms with Crippen LogP contribution >= 0.6 is 0 Å². The molecule has 1 aromatic rings. The molecule has 5 heteroatoms. The molecule has 0 fully saturated rings. The average Bonchev–Trinajstić information content (AvgIpc) is 2.37. The van der Waals surface area contributed by atoms with Gasteiger partial charge in [0.25, 0.3) is 5.91 Å². The Balaban J connectivity index is 2.83. The van der Waals surface area contributed by atoms with Gasteiger partial charge in [0.15, 0.2) is 0 Å². The smallest absolute Gasteiger partial charge is 0.254 e. The number of phenolic OH excluding ortho intramolecular Hbond substituents is 1. The first-order valence-electron chi connectivity index (χ1n) is 6.08. The normalized spacial score (nSPS) is 10.3. The van der Waals surface area contributed by atoms with Gasteiger partial charge in [-0.2, -0.15) is 0 Å². The zero-order chi connectivity index (χ0) is 13.5. The predicted octanol–water partition coefficient (Wildman–Crippen LogP) is 1.21. The maximum absolute atomic E-state index is 12.2. The van der Waals surface area contributed by atoms with Crippen molar-refractivity contribution < 1.29 is 15.0 Å². The van der Waals surface area contributed by atoms with Gasteiger partial charge in [-0.05, 0) is 24.6 Å². The molecule has 4 N–H and O–H groups in total. The van der Waals surface area contributed by atoms with E-state index < -0.39 is 0 Å². The van der Waals surface area contributed by atoms with Crippen LogP contribution in [0.1, 0.15) is 30.1 Å². The Morgan fingerprint density at radius 1 is 1.39 bits per heavy atom. The molecular formula is C13H20N2O3. The molecule has 0 saturated heterocycles. The van der Waals surface area contributed by atoms with Gasteiger partial charge in [0.2, 0.25) is 0 Å². The molecule has 0 aliphatic carbocycles. The van der Waals surface area contributed by atoms with E-state index in [0.717, 1.165) is 12.8 Å². The number of anilines is 1. The van der Waals surface area contributed by atoms with Crippen LogP contribution < -0.4 is 5.73 Å². The topological polar surface area (TPSA) is 86.8 Å². The number of hydrogen-bond acceptors (Lipinski definition) is 4. The number of benzene rings is 1. The second-order valence-electron chi connectivity index (χ2n) is 4.14. The minimum Gasteiger partial charge on any atom is -0.506 e. The summed E-state index contributed by atoms with van der Waals surface area (Å²) in [4.78, 5) is 13.7. The zero-order valence-electron chi connectivity index (χ0n) is 10.6. The summed E-state index contributed by atoms with van der Waals surface area (Å²) in [7, 11) is 0.